The van der Waals surface area contributed by atoms with Crippen LogP contribution in [-0.2, 0) is 0 Å². The lowest BCUT2D eigenvalue weighted by molar-refractivity contribution is 0.0973. The third kappa shape index (κ3) is 0.978. The number of ketones is 1. The number of para-hydroxylation sites is 1. The van der Waals surface area contributed by atoms with Crippen LogP contribution < -0.4 is 5.12 Å². The number of Topliss-reactive ketones (excluding diaryl/α,β-unsaturated/α-hetero) is 1. The van der Waals surface area contributed by atoms with Gasteiger partial charge in [-0.05, 0) is 12.1 Å². The molecular formula is C9H8FNO. The van der Waals surface area contributed by atoms with Gasteiger partial charge in [0.25, 0.3) is 0 Å². The van der Waals surface area contributed by atoms with Crippen LogP contribution in [0.4, 0.5) is 10.2 Å². The smallest absolute Gasteiger partial charge is 0.166 e. The zero-order valence-corrected chi connectivity index (χ0v) is 6.46. The molecule has 0 spiro atoms. The second-order valence-corrected chi connectivity index (χ2v) is 2.78. The van der Waals surface area contributed by atoms with Gasteiger partial charge >= 0.3 is 0 Å². The van der Waals surface area contributed by atoms with Gasteiger partial charge in [-0.1, -0.05) is 16.6 Å². The van der Waals surface area contributed by atoms with Gasteiger partial charge in [0, 0.05) is 12.0 Å². The van der Waals surface area contributed by atoms with Crippen molar-refractivity contribution in [3.05, 3.63) is 29.8 Å². The minimum atomic E-state index is 0.0273. The first-order chi connectivity index (χ1) is 5.79. The fourth-order valence-corrected chi connectivity index (χ4v) is 1.38. The van der Waals surface area contributed by atoms with E-state index in [1.54, 1.807) is 24.3 Å². The predicted molar refractivity (Wildman–Crippen MR) is 43.8 cm³/mol. The molecule has 0 amide bonds. The van der Waals surface area contributed by atoms with Crippen LogP contribution in [0.3, 0.4) is 0 Å². The van der Waals surface area contributed by atoms with E-state index in [9.17, 15) is 9.28 Å². The molecule has 2 nitrogen and oxygen atoms in total. The predicted octanol–water partition coefficient (Wildman–Crippen LogP) is 1.96. The highest BCUT2D eigenvalue weighted by molar-refractivity contribution is 6.02. The lowest BCUT2D eigenvalue weighted by Crippen LogP contribution is -2.24. The first-order valence-electron chi connectivity index (χ1n) is 3.84. The zero-order valence-electron chi connectivity index (χ0n) is 6.46. The van der Waals surface area contributed by atoms with Crippen LogP contribution in [0.2, 0.25) is 0 Å². The number of carbonyl (C=O) groups is 1. The molecule has 1 aromatic rings. The van der Waals surface area contributed by atoms with E-state index < -0.39 is 0 Å². The molecule has 0 aliphatic carbocycles. The Hall–Kier alpha value is -1.38. The number of hydrogen-bond donors (Lipinski definition) is 0. The maximum atomic E-state index is 13.0. The molecule has 1 heterocycles. The van der Waals surface area contributed by atoms with E-state index in [0.717, 1.165) is 0 Å². The Morgan fingerprint density at radius 2 is 2.08 bits per heavy atom. The van der Waals surface area contributed by atoms with Gasteiger partial charge < -0.3 is 0 Å². The third-order valence-corrected chi connectivity index (χ3v) is 2.00. The molecule has 0 fully saturated rings. The van der Waals surface area contributed by atoms with Crippen LogP contribution in [0.25, 0.3) is 0 Å². The number of hydrogen-bond acceptors (Lipinski definition) is 2. The Morgan fingerprint density at radius 3 is 2.83 bits per heavy atom. The molecule has 0 radical (unpaired) electrons. The summed E-state index contributed by atoms with van der Waals surface area (Å²) in [6.07, 6.45) is 0.271. The summed E-state index contributed by atoms with van der Waals surface area (Å²) in [4.78, 5) is 11.2. The van der Waals surface area contributed by atoms with E-state index in [-0.39, 0.29) is 18.7 Å². The number of fused-ring (bicyclic) bond motifs is 1. The highest BCUT2D eigenvalue weighted by Crippen LogP contribution is 2.26. The van der Waals surface area contributed by atoms with Gasteiger partial charge in [0.05, 0.1) is 12.2 Å². The molecule has 12 heavy (non-hydrogen) atoms. The first kappa shape index (κ1) is 7.28. The molecule has 62 valence electrons. The third-order valence-electron chi connectivity index (χ3n) is 2.00. The van der Waals surface area contributed by atoms with Crippen molar-refractivity contribution in [1.82, 2.24) is 0 Å². The van der Waals surface area contributed by atoms with Crippen molar-refractivity contribution in [2.24, 2.45) is 0 Å². The molecule has 0 N–H and O–H groups in total. The van der Waals surface area contributed by atoms with E-state index >= 15 is 0 Å². The van der Waals surface area contributed by atoms with Crippen molar-refractivity contribution in [3.63, 3.8) is 0 Å². The van der Waals surface area contributed by atoms with Gasteiger partial charge in [-0.15, -0.1) is 0 Å². The molecule has 0 bridgehead atoms. The molecule has 0 unspecified atom stereocenters. The summed E-state index contributed by atoms with van der Waals surface area (Å²) < 4.78 is 13.0. The molecule has 0 aromatic heterocycles. The van der Waals surface area contributed by atoms with Crippen LogP contribution in [0.1, 0.15) is 16.8 Å². The van der Waals surface area contributed by atoms with Crippen molar-refractivity contribution < 1.29 is 9.28 Å². The number of anilines is 1. The van der Waals surface area contributed by atoms with E-state index in [0.29, 0.717) is 16.4 Å². The highest BCUT2D eigenvalue weighted by Gasteiger charge is 2.21. The first-order valence-corrected chi connectivity index (χ1v) is 3.84. The topological polar surface area (TPSA) is 20.3 Å². The molecule has 1 aliphatic heterocycles. The number of carbonyl (C=O) groups excluding carboxylic acids is 1. The van der Waals surface area contributed by atoms with Gasteiger partial charge in [-0.25, -0.2) is 5.12 Å². The fraction of sp³-hybridized carbons (Fsp3) is 0.222. The number of halogens is 1. The van der Waals surface area contributed by atoms with Gasteiger partial charge in [-0.3, -0.25) is 4.79 Å². The van der Waals surface area contributed by atoms with Crippen molar-refractivity contribution in [1.29, 1.82) is 0 Å². The second-order valence-electron chi connectivity index (χ2n) is 2.78. The molecule has 0 saturated heterocycles. The summed E-state index contributed by atoms with van der Waals surface area (Å²) in [6.45, 7) is 0.176. The Balaban J connectivity index is 2.55. The molecule has 0 atom stereocenters. The van der Waals surface area contributed by atoms with Crippen molar-refractivity contribution in [3.8, 4) is 0 Å². The standard InChI is InChI=1S/C9H8FNO/c10-11-6-5-9(12)7-3-1-2-4-8(7)11/h1-4H,5-6H2. The monoisotopic (exact) mass is 165 g/mol. The van der Waals surface area contributed by atoms with Crippen molar-refractivity contribution in [2.45, 2.75) is 6.42 Å². The Kier molecular flexibility index (Phi) is 1.57. The van der Waals surface area contributed by atoms with E-state index in [2.05, 4.69) is 0 Å². The van der Waals surface area contributed by atoms with Crippen LogP contribution in [0.15, 0.2) is 24.3 Å². The van der Waals surface area contributed by atoms with E-state index in [1.807, 2.05) is 0 Å². The number of rotatable bonds is 0. The van der Waals surface area contributed by atoms with Crippen molar-refractivity contribution in [2.75, 3.05) is 11.7 Å². The Bertz CT molecular complexity index is 324. The molecular weight excluding hydrogens is 157 g/mol. The summed E-state index contributed by atoms with van der Waals surface area (Å²) in [6, 6.07) is 6.75. The van der Waals surface area contributed by atoms with Crippen molar-refractivity contribution >= 4 is 11.5 Å². The maximum Gasteiger partial charge on any atom is 0.166 e. The number of nitrogens with zero attached hydrogens (tertiary/aromatic N) is 1. The van der Waals surface area contributed by atoms with Crippen LogP contribution in [0, 0.1) is 0 Å². The minimum Gasteiger partial charge on any atom is -0.294 e. The highest BCUT2D eigenvalue weighted by atomic mass is 19.2. The Labute approximate surface area is 69.5 Å². The molecule has 1 aliphatic rings. The average Bonchev–Trinajstić information content (AvgIpc) is 2.12. The van der Waals surface area contributed by atoms with Crippen LogP contribution in [0.5, 0.6) is 0 Å². The summed E-state index contributed by atoms with van der Waals surface area (Å²) in [5.41, 5.74) is 0.889. The minimum absolute atomic E-state index is 0.0273. The van der Waals surface area contributed by atoms with Gasteiger partial charge in [-0.2, -0.15) is 0 Å². The average molecular weight is 165 g/mol. The maximum absolute atomic E-state index is 13.0. The quantitative estimate of drug-likeness (QED) is 0.548. The second kappa shape index (κ2) is 2.59. The SMILES string of the molecule is O=C1CCN(F)c2ccccc21. The van der Waals surface area contributed by atoms with E-state index in [1.165, 1.54) is 0 Å². The van der Waals surface area contributed by atoms with Gasteiger partial charge in [0.1, 0.15) is 0 Å². The van der Waals surface area contributed by atoms with E-state index in [4.69, 9.17) is 0 Å². The van der Waals surface area contributed by atoms with Crippen LogP contribution >= 0.6 is 0 Å². The summed E-state index contributed by atoms with van der Waals surface area (Å²) in [5, 5.41) is 0.622. The normalized spacial score (nSPS) is 16.1. The Morgan fingerprint density at radius 1 is 1.33 bits per heavy atom. The fourth-order valence-electron chi connectivity index (χ4n) is 1.38. The summed E-state index contributed by atoms with van der Waals surface area (Å²) in [7, 11) is 0. The zero-order chi connectivity index (χ0) is 8.55. The largest absolute Gasteiger partial charge is 0.294 e. The molecule has 2 rings (SSSR count). The molecule has 3 heteroatoms. The summed E-state index contributed by atoms with van der Waals surface area (Å²) in [5.74, 6) is 0.0273. The number of benzene rings is 1. The summed E-state index contributed by atoms with van der Waals surface area (Å²) >= 11 is 0. The lowest BCUT2D eigenvalue weighted by Gasteiger charge is -2.21. The molecule has 1 aromatic carbocycles. The van der Waals surface area contributed by atoms with Gasteiger partial charge in [0.2, 0.25) is 0 Å². The van der Waals surface area contributed by atoms with Gasteiger partial charge in [0.15, 0.2) is 5.78 Å². The lowest BCUT2D eigenvalue weighted by atomic mass is 10.0. The molecule has 0 saturated carbocycles. The van der Waals surface area contributed by atoms with Crippen LogP contribution in [-0.4, -0.2) is 12.3 Å².